The van der Waals surface area contributed by atoms with E-state index in [1.165, 1.54) is 0 Å². The van der Waals surface area contributed by atoms with Gasteiger partial charge in [0.1, 0.15) is 0 Å². The van der Waals surface area contributed by atoms with Crippen molar-refractivity contribution in [3.8, 4) is 0 Å². The molecule has 2 aromatic heterocycles. The van der Waals surface area contributed by atoms with E-state index >= 15 is 0 Å². The second-order valence-corrected chi connectivity index (χ2v) is 5.78. The molecule has 0 aliphatic carbocycles. The minimum atomic E-state index is 0. The van der Waals surface area contributed by atoms with Gasteiger partial charge in [-0.2, -0.15) is 0 Å². The third-order valence-electron chi connectivity index (χ3n) is 3.79. The summed E-state index contributed by atoms with van der Waals surface area (Å²) in [6.07, 6.45) is 11.6. The number of aromatic nitrogens is 2. The molecule has 9 heteroatoms. The maximum Gasteiger partial charge on any atom is 2.00 e. The standard InChI is InChI=1S/C19H18N6.2BrH.Ni/c1-3-7-20-18(5-1)13-22-9-11-24(15-22)17-25-12-10-23(16-25)14-19-6-2-4-8-21-19;;;/h1-12H,13-14,17H2;2*1H;/q;;;+2/p-2. The van der Waals surface area contributed by atoms with Crippen molar-refractivity contribution < 1.29 is 50.5 Å². The van der Waals surface area contributed by atoms with Crippen LogP contribution in [0.15, 0.2) is 73.6 Å². The Morgan fingerprint density at radius 3 is 1.46 bits per heavy atom. The molecule has 28 heavy (non-hydrogen) atoms. The van der Waals surface area contributed by atoms with Crippen molar-refractivity contribution in [3.05, 3.63) is 98.3 Å². The first-order valence-corrected chi connectivity index (χ1v) is 8.11. The Morgan fingerprint density at radius 1 is 0.643 bits per heavy atom. The normalized spacial score (nSPS) is 14.6. The first-order chi connectivity index (χ1) is 12.3. The van der Waals surface area contributed by atoms with Crippen molar-refractivity contribution in [2.75, 3.05) is 6.67 Å². The van der Waals surface area contributed by atoms with Crippen LogP contribution in [0.4, 0.5) is 0 Å². The van der Waals surface area contributed by atoms with Crippen molar-refractivity contribution in [3.63, 3.8) is 0 Å². The fraction of sp³-hybridized carbons (Fsp3) is 0.158. The molecule has 148 valence electrons. The van der Waals surface area contributed by atoms with Gasteiger partial charge in [-0.25, -0.2) is 0 Å². The van der Waals surface area contributed by atoms with Gasteiger partial charge in [-0.05, 0) is 24.3 Å². The average molecular weight is 549 g/mol. The van der Waals surface area contributed by atoms with Gasteiger partial charge in [0.25, 0.3) is 0 Å². The van der Waals surface area contributed by atoms with E-state index in [2.05, 4.69) is 23.3 Å². The molecular weight excluding hydrogens is 531 g/mol. The van der Waals surface area contributed by atoms with Crippen molar-refractivity contribution in [2.24, 2.45) is 0 Å². The molecule has 2 aliphatic rings. The largest absolute Gasteiger partial charge is 2.00 e. The SMILES string of the molecule is [Br-].[Br-].[C]1N(Cc2ccccn2)C=CN1CN1[C]N(Cc2ccccn2)C=C1.[Ni+2]. The van der Waals surface area contributed by atoms with Gasteiger partial charge in [0, 0.05) is 37.2 Å². The number of hydrogen-bond acceptors (Lipinski definition) is 6. The zero-order chi connectivity index (χ0) is 16.9. The molecule has 0 fully saturated rings. The summed E-state index contributed by atoms with van der Waals surface area (Å²) in [5.41, 5.74) is 2.03. The summed E-state index contributed by atoms with van der Waals surface area (Å²) >= 11 is 0. The van der Waals surface area contributed by atoms with Crippen LogP contribution in [0.3, 0.4) is 0 Å². The molecule has 0 unspecified atom stereocenters. The molecule has 4 heterocycles. The van der Waals surface area contributed by atoms with Crippen LogP contribution in [0.25, 0.3) is 0 Å². The molecule has 6 nitrogen and oxygen atoms in total. The predicted octanol–water partition coefficient (Wildman–Crippen LogP) is -3.69. The van der Waals surface area contributed by atoms with E-state index in [0.717, 1.165) is 11.4 Å². The minimum Gasteiger partial charge on any atom is -1.00 e. The van der Waals surface area contributed by atoms with Gasteiger partial charge in [-0.3, -0.25) is 9.97 Å². The summed E-state index contributed by atoms with van der Waals surface area (Å²) < 4.78 is 0. The van der Waals surface area contributed by atoms with Crippen molar-refractivity contribution in [1.29, 1.82) is 0 Å². The second kappa shape index (κ2) is 12.1. The first-order valence-electron chi connectivity index (χ1n) is 8.11. The molecule has 0 aromatic carbocycles. The van der Waals surface area contributed by atoms with Gasteiger partial charge in [-0.15, -0.1) is 0 Å². The average Bonchev–Trinajstić information content (AvgIpc) is 3.27. The minimum absolute atomic E-state index is 0. The van der Waals surface area contributed by atoms with Crippen LogP contribution in [-0.2, 0) is 29.6 Å². The molecular formula is C19H18Br2N6Ni. The number of pyridine rings is 2. The first kappa shape index (κ1) is 24.5. The van der Waals surface area contributed by atoms with E-state index < -0.39 is 0 Å². The van der Waals surface area contributed by atoms with Gasteiger partial charge >= 0.3 is 16.5 Å². The summed E-state index contributed by atoms with van der Waals surface area (Å²) in [5.74, 6) is 0. The predicted molar refractivity (Wildman–Crippen MR) is 92.9 cm³/mol. The zero-order valence-corrected chi connectivity index (χ0v) is 19.0. The quantitative estimate of drug-likeness (QED) is 0.347. The Hall–Kier alpha value is -1.57. The summed E-state index contributed by atoms with van der Waals surface area (Å²) in [7, 11) is 0. The molecule has 0 saturated heterocycles. The molecule has 4 radical (unpaired) electrons. The molecule has 2 aromatic rings. The fourth-order valence-corrected chi connectivity index (χ4v) is 2.62. The third-order valence-corrected chi connectivity index (χ3v) is 3.79. The maximum atomic E-state index is 4.34. The van der Waals surface area contributed by atoms with Crippen molar-refractivity contribution in [2.45, 2.75) is 13.1 Å². The summed E-state index contributed by atoms with van der Waals surface area (Å²) in [5, 5.41) is 0. The maximum absolute atomic E-state index is 4.34. The van der Waals surface area contributed by atoms with Crippen molar-refractivity contribution in [1.82, 2.24) is 29.6 Å². The van der Waals surface area contributed by atoms with Crippen LogP contribution >= 0.6 is 0 Å². The molecule has 0 bridgehead atoms. The van der Waals surface area contributed by atoms with Crippen LogP contribution in [0.5, 0.6) is 0 Å². The fourth-order valence-electron chi connectivity index (χ4n) is 2.62. The second-order valence-electron chi connectivity index (χ2n) is 5.78. The Morgan fingerprint density at radius 2 is 1.07 bits per heavy atom. The molecule has 0 N–H and O–H groups in total. The molecule has 0 saturated carbocycles. The van der Waals surface area contributed by atoms with Gasteiger partial charge in [0.2, 0.25) is 13.3 Å². The van der Waals surface area contributed by atoms with E-state index in [4.69, 9.17) is 0 Å². The van der Waals surface area contributed by atoms with Crippen LogP contribution in [0, 0.1) is 13.3 Å². The molecule has 4 rings (SSSR count). The van der Waals surface area contributed by atoms with E-state index in [1.807, 2.05) is 93.2 Å². The van der Waals surface area contributed by atoms with E-state index in [9.17, 15) is 0 Å². The summed E-state index contributed by atoms with van der Waals surface area (Å²) in [4.78, 5) is 16.6. The van der Waals surface area contributed by atoms with Crippen LogP contribution in [0.1, 0.15) is 11.4 Å². The van der Waals surface area contributed by atoms with Gasteiger partial charge < -0.3 is 53.6 Å². The van der Waals surface area contributed by atoms with E-state index in [0.29, 0.717) is 19.8 Å². The molecule has 0 atom stereocenters. The number of halogens is 2. The third kappa shape index (κ3) is 6.80. The van der Waals surface area contributed by atoms with Gasteiger partial charge in [-0.1, -0.05) is 12.1 Å². The summed E-state index contributed by atoms with van der Waals surface area (Å²) in [6.45, 7) is 8.68. The molecule has 2 aliphatic heterocycles. The van der Waals surface area contributed by atoms with Gasteiger partial charge in [0.15, 0.2) is 0 Å². The summed E-state index contributed by atoms with van der Waals surface area (Å²) in [6, 6.07) is 11.9. The number of nitrogens with zero attached hydrogens (tertiary/aromatic N) is 6. The number of rotatable bonds is 6. The smallest absolute Gasteiger partial charge is 1.00 e. The Kier molecular flexibility index (Phi) is 10.6. The zero-order valence-electron chi connectivity index (χ0n) is 14.8. The van der Waals surface area contributed by atoms with Crippen LogP contribution in [-0.4, -0.2) is 36.2 Å². The topological polar surface area (TPSA) is 38.7 Å². The van der Waals surface area contributed by atoms with E-state index in [-0.39, 0.29) is 50.5 Å². The molecule has 0 amide bonds. The number of hydrogen-bond donors (Lipinski definition) is 0. The monoisotopic (exact) mass is 546 g/mol. The van der Waals surface area contributed by atoms with Crippen LogP contribution < -0.4 is 34.0 Å². The molecule has 0 spiro atoms. The Labute approximate surface area is 197 Å². The van der Waals surface area contributed by atoms with Gasteiger partial charge in [0.05, 0.1) is 31.1 Å². The van der Waals surface area contributed by atoms with Crippen molar-refractivity contribution >= 4 is 0 Å². The Bertz CT molecular complexity index is 683. The Balaban J connectivity index is 0.00000131. The van der Waals surface area contributed by atoms with E-state index in [1.54, 1.807) is 0 Å². The van der Waals surface area contributed by atoms with Crippen LogP contribution in [0.2, 0.25) is 0 Å².